The smallest absolute Gasteiger partial charge is 0.335 e. The van der Waals surface area contributed by atoms with Crippen LogP contribution in [0, 0.1) is 0 Å². The Kier molecular flexibility index (Phi) is 3.26. The minimum atomic E-state index is -0.933. The number of aromatic carboxylic acids is 1. The van der Waals surface area contributed by atoms with E-state index in [-0.39, 0.29) is 5.91 Å². The highest BCUT2D eigenvalue weighted by molar-refractivity contribution is 6.03. The number of carbonyl (C=O) groups excluding carboxylic acids is 1. The number of hydrogen-bond donors (Lipinski definition) is 2. The second-order valence-corrected chi connectivity index (χ2v) is 5.70. The van der Waals surface area contributed by atoms with E-state index in [4.69, 9.17) is 0 Å². The lowest BCUT2D eigenvalue weighted by atomic mass is 9.94. The molecule has 0 unspecified atom stereocenters. The largest absolute Gasteiger partial charge is 0.478 e. The summed E-state index contributed by atoms with van der Waals surface area (Å²) < 4.78 is 0. The molecule has 0 saturated carbocycles. The van der Waals surface area contributed by atoms with E-state index in [0.29, 0.717) is 41.8 Å². The van der Waals surface area contributed by atoms with E-state index < -0.39 is 5.97 Å². The van der Waals surface area contributed by atoms with Crippen molar-refractivity contribution in [3.05, 3.63) is 58.9 Å². The van der Waals surface area contributed by atoms with Crippen LogP contribution in [-0.2, 0) is 13.0 Å². The molecule has 1 aromatic carbocycles. The summed E-state index contributed by atoms with van der Waals surface area (Å²) in [5.74, 6) is -1.09. The van der Waals surface area contributed by atoms with Gasteiger partial charge < -0.3 is 10.0 Å². The molecule has 0 aliphatic carbocycles. The molecule has 1 amide bonds. The highest BCUT2D eigenvalue weighted by Crippen LogP contribution is 2.25. The lowest BCUT2D eigenvalue weighted by molar-refractivity contribution is 0.0694. The molecule has 2 aromatic heterocycles. The Morgan fingerprint density at radius 2 is 2.08 bits per heavy atom. The lowest BCUT2D eigenvalue weighted by Gasteiger charge is -2.29. The Morgan fingerprint density at radius 1 is 1.21 bits per heavy atom. The maximum Gasteiger partial charge on any atom is 0.335 e. The van der Waals surface area contributed by atoms with Gasteiger partial charge in [0, 0.05) is 19.3 Å². The van der Waals surface area contributed by atoms with Gasteiger partial charge >= 0.3 is 5.97 Å². The van der Waals surface area contributed by atoms with Gasteiger partial charge in [-0.2, -0.15) is 5.10 Å². The summed E-state index contributed by atoms with van der Waals surface area (Å²) in [7, 11) is 0. The Bertz CT molecular complexity index is 963. The molecular formula is C17H14N4O3. The molecule has 0 atom stereocenters. The predicted octanol–water partition coefficient (Wildman–Crippen LogP) is 1.85. The summed E-state index contributed by atoms with van der Waals surface area (Å²) in [6.45, 7) is 0.854. The normalized spacial score (nSPS) is 13.8. The fourth-order valence-corrected chi connectivity index (χ4v) is 3.15. The molecule has 3 aromatic rings. The van der Waals surface area contributed by atoms with Gasteiger partial charge in [-0.1, -0.05) is 12.1 Å². The number of hydrogen-bond acceptors (Lipinski definition) is 4. The molecule has 0 radical (unpaired) electrons. The number of carbonyl (C=O) groups is 2. The quantitative estimate of drug-likeness (QED) is 0.750. The van der Waals surface area contributed by atoms with Gasteiger partial charge in [0.2, 0.25) is 0 Å². The highest BCUT2D eigenvalue weighted by atomic mass is 16.4. The zero-order valence-corrected chi connectivity index (χ0v) is 12.7. The second kappa shape index (κ2) is 5.45. The molecular weight excluding hydrogens is 308 g/mol. The zero-order chi connectivity index (χ0) is 16.7. The number of aromatic amines is 1. The summed E-state index contributed by atoms with van der Waals surface area (Å²) in [5.41, 5.74) is 2.92. The lowest BCUT2D eigenvalue weighted by Crippen LogP contribution is -2.36. The predicted molar refractivity (Wildman–Crippen MR) is 85.7 cm³/mol. The zero-order valence-electron chi connectivity index (χ0n) is 12.7. The number of nitrogens with zero attached hydrogens (tertiary/aromatic N) is 3. The number of amides is 1. The number of pyridine rings is 1. The van der Waals surface area contributed by atoms with E-state index in [9.17, 15) is 14.7 Å². The van der Waals surface area contributed by atoms with E-state index in [1.54, 1.807) is 35.4 Å². The van der Waals surface area contributed by atoms with Crippen molar-refractivity contribution >= 4 is 22.9 Å². The van der Waals surface area contributed by atoms with E-state index >= 15 is 0 Å². The monoisotopic (exact) mass is 322 g/mol. The molecule has 0 bridgehead atoms. The second-order valence-electron chi connectivity index (χ2n) is 5.70. The van der Waals surface area contributed by atoms with Crippen LogP contribution in [0.3, 0.4) is 0 Å². The maximum absolute atomic E-state index is 12.8. The van der Waals surface area contributed by atoms with Gasteiger partial charge in [-0.25, -0.2) is 9.78 Å². The van der Waals surface area contributed by atoms with Crippen LogP contribution in [-0.4, -0.2) is 43.6 Å². The number of carboxylic acids is 1. The van der Waals surface area contributed by atoms with Crippen molar-refractivity contribution in [2.24, 2.45) is 0 Å². The molecule has 2 N–H and O–H groups in total. The Balaban J connectivity index is 1.66. The van der Waals surface area contributed by atoms with Crippen molar-refractivity contribution in [1.82, 2.24) is 20.1 Å². The molecule has 24 heavy (non-hydrogen) atoms. The minimum Gasteiger partial charge on any atom is -0.478 e. The van der Waals surface area contributed by atoms with Crippen LogP contribution in [0.15, 0.2) is 36.5 Å². The topological polar surface area (TPSA) is 99.2 Å². The molecule has 0 fully saturated rings. The number of aromatic nitrogens is 3. The van der Waals surface area contributed by atoms with Crippen LogP contribution in [0.1, 0.15) is 32.0 Å². The van der Waals surface area contributed by atoms with E-state index in [1.807, 2.05) is 6.07 Å². The number of nitrogens with one attached hydrogen (secondary N) is 1. The SMILES string of the molecule is O=C(O)c1cccc2c1CCN(C(=O)c1[nH]nc3ncccc13)C2. The number of rotatable bonds is 2. The fourth-order valence-electron chi connectivity index (χ4n) is 3.15. The third-order valence-electron chi connectivity index (χ3n) is 4.33. The van der Waals surface area contributed by atoms with Crippen LogP contribution in [0.2, 0.25) is 0 Å². The van der Waals surface area contributed by atoms with Gasteiger partial charge in [0.1, 0.15) is 5.69 Å². The van der Waals surface area contributed by atoms with Crippen molar-refractivity contribution in [2.45, 2.75) is 13.0 Å². The van der Waals surface area contributed by atoms with E-state index in [2.05, 4.69) is 15.2 Å². The van der Waals surface area contributed by atoms with E-state index in [1.165, 1.54) is 0 Å². The Labute approximate surface area is 136 Å². The van der Waals surface area contributed by atoms with Crippen molar-refractivity contribution < 1.29 is 14.7 Å². The van der Waals surface area contributed by atoms with Crippen LogP contribution in [0.5, 0.6) is 0 Å². The first-order valence-electron chi connectivity index (χ1n) is 7.57. The molecule has 0 spiro atoms. The minimum absolute atomic E-state index is 0.156. The Morgan fingerprint density at radius 3 is 2.92 bits per heavy atom. The highest BCUT2D eigenvalue weighted by Gasteiger charge is 2.26. The number of benzene rings is 1. The van der Waals surface area contributed by atoms with Crippen molar-refractivity contribution in [1.29, 1.82) is 0 Å². The van der Waals surface area contributed by atoms with Gasteiger partial charge in [0.25, 0.3) is 5.91 Å². The van der Waals surface area contributed by atoms with Gasteiger partial charge in [0.05, 0.1) is 10.9 Å². The summed E-state index contributed by atoms with van der Waals surface area (Å²) in [4.78, 5) is 30.0. The first-order valence-corrected chi connectivity index (χ1v) is 7.57. The Hall–Kier alpha value is -3.22. The summed E-state index contributed by atoms with van der Waals surface area (Å²) >= 11 is 0. The third kappa shape index (κ3) is 2.21. The third-order valence-corrected chi connectivity index (χ3v) is 4.33. The average Bonchev–Trinajstić information content (AvgIpc) is 3.04. The van der Waals surface area contributed by atoms with Crippen molar-refractivity contribution in [2.75, 3.05) is 6.54 Å². The number of H-pyrrole nitrogens is 1. The standard InChI is InChI=1S/C17H14N4O3/c22-16(14-13-5-2-7-18-15(13)20-19-14)21-8-6-11-10(9-21)3-1-4-12(11)17(23)24/h1-5,7H,6,8-9H2,(H,23,24)(H,18,19,20). The van der Waals surface area contributed by atoms with Gasteiger partial charge in [-0.3, -0.25) is 9.89 Å². The van der Waals surface area contributed by atoms with Crippen LogP contribution >= 0.6 is 0 Å². The average molecular weight is 322 g/mol. The first kappa shape index (κ1) is 14.4. The van der Waals surface area contributed by atoms with Crippen molar-refractivity contribution in [3.8, 4) is 0 Å². The summed E-state index contributed by atoms with van der Waals surface area (Å²) in [5, 5.41) is 16.8. The summed E-state index contributed by atoms with van der Waals surface area (Å²) in [6.07, 6.45) is 2.15. The van der Waals surface area contributed by atoms with Gasteiger partial charge in [0.15, 0.2) is 5.65 Å². The maximum atomic E-state index is 12.8. The molecule has 0 saturated heterocycles. The van der Waals surface area contributed by atoms with E-state index in [0.717, 1.165) is 11.1 Å². The van der Waals surface area contributed by atoms with Crippen LogP contribution in [0.4, 0.5) is 0 Å². The molecule has 4 rings (SSSR count). The van der Waals surface area contributed by atoms with Crippen molar-refractivity contribution in [3.63, 3.8) is 0 Å². The molecule has 7 heteroatoms. The molecule has 1 aliphatic heterocycles. The summed E-state index contributed by atoms with van der Waals surface area (Å²) in [6, 6.07) is 8.76. The van der Waals surface area contributed by atoms with Gasteiger partial charge in [-0.15, -0.1) is 0 Å². The van der Waals surface area contributed by atoms with Crippen LogP contribution < -0.4 is 0 Å². The van der Waals surface area contributed by atoms with Gasteiger partial charge in [-0.05, 0) is 35.7 Å². The molecule has 120 valence electrons. The van der Waals surface area contributed by atoms with Crippen LogP contribution in [0.25, 0.3) is 11.0 Å². The molecule has 3 heterocycles. The molecule has 7 nitrogen and oxygen atoms in total. The number of carboxylic acid groups (broad SMARTS) is 1. The first-order chi connectivity index (χ1) is 11.6. The number of fused-ring (bicyclic) bond motifs is 2. The fraction of sp³-hybridized carbons (Fsp3) is 0.176. The molecule has 1 aliphatic rings.